The zero-order chi connectivity index (χ0) is 26.4. The van der Waals surface area contributed by atoms with Crippen molar-refractivity contribution in [2.75, 3.05) is 43.5 Å². The van der Waals surface area contributed by atoms with Gasteiger partial charge in [-0.3, -0.25) is 9.59 Å². The van der Waals surface area contributed by atoms with E-state index in [1.165, 1.54) is 6.08 Å². The molecular formula is C27H28FN5O4. The van der Waals surface area contributed by atoms with Gasteiger partial charge in [0.05, 0.1) is 19.0 Å². The highest BCUT2D eigenvalue weighted by atomic mass is 19.1. The average molecular weight is 506 g/mol. The van der Waals surface area contributed by atoms with E-state index >= 15 is 0 Å². The Kier molecular flexibility index (Phi) is 7.97. The highest BCUT2D eigenvalue weighted by molar-refractivity contribution is 5.91. The quantitative estimate of drug-likeness (QED) is 0.434. The number of para-hydroxylation sites is 1. The summed E-state index contributed by atoms with van der Waals surface area (Å²) in [4.78, 5) is 35.6. The number of amides is 1. The third-order valence-corrected chi connectivity index (χ3v) is 6.01. The van der Waals surface area contributed by atoms with Gasteiger partial charge in [0.1, 0.15) is 11.5 Å². The number of halogens is 1. The number of carbonyl (C=O) groups is 2. The molecule has 1 N–H and O–H groups in total. The summed E-state index contributed by atoms with van der Waals surface area (Å²) in [6.45, 7) is 7.83. The van der Waals surface area contributed by atoms with Crippen LogP contribution in [0.1, 0.15) is 12.5 Å². The summed E-state index contributed by atoms with van der Waals surface area (Å²) in [5.41, 5.74) is 2.13. The summed E-state index contributed by atoms with van der Waals surface area (Å²) >= 11 is 0. The second-order valence-electron chi connectivity index (χ2n) is 8.41. The number of nitrogens with zero attached hydrogens (tertiary/aromatic N) is 4. The minimum Gasteiger partial charge on any atom is -0.494 e. The Balaban J connectivity index is 1.51. The number of rotatable bonds is 9. The molecule has 0 bridgehead atoms. The van der Waals surface area contributed by atoms with E-state index in [-0.39, 0.29) is 29.9 Å². The van der Waals surface area contributed by atoms with Crippen molar-refractivity contribution < 1.29 is 23.5 Å². The first kappa shape index (κ1) is 25.6. The normalized spacial score (nSPS) is 13.2. The molecule has 1 saturated heterocycles. The fraction of sp³-hybridized carbons (Fsp3) is 0.259. The van der Waals surface area contributed by atoms with Gasteiger partial charge in [-0.15, -0.1) is 0 Å². The molecular weight excluding hydrogens is 477 g/mol. The lowest BCUT2D eigenvalue weighted by molar-refractivity contribution is -0.129. The number of allylic oxidation sites excluding steroid dienone is 1. The maximum atomic E-state index is 14.5. The van der Waals surface area contributed by atoms with Gasteiger partial charge in [-0.2, -0.15) is 9.37 Å². The Labute approximate surface area is 214 Å². The molecule has 9 nitrogen and oxygen atoms in total. The molecule has 1 fully saturated rings. The monoisotopic (exact) mass is 505 g/mol. The molecule has 0 aliphatic carbocycles. The summed E-state index contributed by atoms with van der Waals surface area (Å²) in [6, 6.07) is 12.5. The van der Waals surface area contributed by atoms with E-state index in [0.29, 0.717) is 35.8 Å². The van der Waals surface area contributed by atoms with Gasteiger partial charge < -0.3 is 24.6 Å². The molecule has 1 aliphatic rings. The van der Waals surface area contributed by atoms with Crippen LogP contribution in [0.2, 0.25) is 0 Å². The van der Waals surface area contributed by atoms with E-state index < -0.39 is 5.82 Å². The molecule has 0 atom stereocenters. The van der Waals surface area contributed by atoms with E-state index in [4.69, 9.17) is 9.47 Å². The minimum atomic E-state index is -0.748. The Morgan fingerprint density at radius 2 is 1.89 bits per heavy atom. The minimum absolute atomic E-state index is 0.0742. The lowest BCUT2D eigenvalue weighted by Gasteiger charge is -2.35. The maximum Gasteiger partial charge on any atom is 0.260 e. The predicted molar refractivity (Wildman–Crippen MR) is 138 cm³/mol. The number of hydrogen-bond donors (Lipinski definition) is 1. The van der Waals surface area contributed by atoms with E-state index in [0.717, 1.165) is 25.0 Å². The number of ether oxygens (including phenoxy) is 2. The predicted octanol–water partition coefficient (Wildman–Crippen LogP) is 4.13. The molecule has 2 heterocycles. The molecule has 10 heteroatoms. The van der Waals surface area contributed by atoms with E-state index in [2.05, 4.69) is 26.8 Å². The molecule has 0 unspecified atom stereocenters. The molecule has 37 heavy (non-hydrogen) atoms. The van der Waals surface area contributed by atoms with Crippen molar-refractivity contribution in [2.24, 2.45) is 0 Å². The zero-order valence-corrected chi connectivity index (χ0v) is 20.7. The Hall–Kier alpha value is -4.47. The van der Waals surface area contributed by atoms with Crippen molar-refractivity contribution in [1.82, 2.24) is 14.9 Å². The third kappa shape index (κ3) is 6.21. The van der Waals surface area contributed by atoms with E-state index in [9.17, 15) is 14.0 Å². The summed E-state index contributed by atoms with van der Waals surface area (Å²) < 4.78 is 25.8. The van der Waals surface area contributed by atoms with Crippen LogP contribution in [0, 0.1) is 5.82 Å². The number of benzene rings is 2. The fourth-order valence-electron chi connectivity index (χ4n) is 3.98. The topological polar surface area (TPSA) is 96.9 Å². The number of aromatic nitrogens is 2. The molecule has 3 aromatic rings. The molecule has 1 amide bonds. The van der Waals surface area contributed by atoms with Crippen molar-refractivity contribution in [2.45, 2.75) is 13.3 Å². The average Bonchev–Trinajstić information content (AvgIpc) is 2.91. The number of ketones is 1. The Bertz CT molecular complexity index is 1310. The number of anilines is 3. The number of nitrogens with one attached hydrogen (secondary N) is 1. The first-order valence-electron chi connectivity index (χ1n) is 11.8. The SMILES string of the molecule is C=CC(=O)Cc1ccccc1Oc1nc(Nc2ccc(N3CCN(C(C)=O)CC3)cc2OC)ncc1F. The molecule has 4 rings (SSSR count). The van der Waals surface area contributed by atoms with Crippen LogP contribution in [-0.4, -0.2) is 59.8 Å². The van der Waals surface area contributed by atoms with Crippen LogP contribution in [-0.2, 0) is 16.0 Å². The van der Waals surface area contributed by atoms with Crippen molar-refractivity contribution >= 4 is 29.0 Å². The summed E-state index contributed by atoms with van der Waals surface area (Å²) in [6.07, 6.45) is 2.32. The Morgan fingerprint density at radius 3 is 2.59 bits per heavy atom. The number of piperazine rings is 1. The van der Waals surface area contributed by atoms with Crippen molar-refractivity contribution in [3.63, 3.8) is 0 Å². The highest BCUT2D eigenvalue weighted by Gasteiger charge is 2.20. The summed E-state index contributed by atoms with van der Waals surface area (Å²) in [7, 11) is 1.56. The van der Waals surface area contributed by atoms with Crippen LogP contribution in [0.15, 0.2) is 61.3 Å². The summed E-state index contributed by atoms with van der Waals surface area (Å²) in [5.74, 6) is -0.163. The van der Waals surface area contributed by atoms with Crippen LogP contribution in [0.4, 0.5) is 21.7 Å². The standard InChI is InChI=1S/C27H28FN5O4/c1-4-21(35)15-19-7-5-6-8-24(19)37-26-22(28)17-29-27(31-26)30-23-10-9-20(16-25(23)36-3)33-13-11-32(12-14-33)18(2)34/h4-10,16-17H,1,11-15H2,2-3H3,(H,29,30,31). The number of hydrogen-bond acceptors (Lipinski definition) is 8. The van der Waals surface area contributed by atoms with Gasteiger partial charge in [0.15, 0.2) is 5.78 Å². The highest BCUT2D eigenvalue weighted by Crippen LogP contribution is 2.33. The van der Waals surface area contributed by atoms with Gasteiger partial charge in [-0.1, -0.05) is 24.8 Å². The third-order valence-electron chi connectivity index (χ3n) is 6.01. The largest absolute Gasteiger partial charge is 0.494 e. The van der Waals surface area contributed by atoms with Crippen molar-refractivity contribution in [3.8, 4) is 17.4 Å². The smallest absolute Gasteiger partial charge is 0.260 e. The van der Waals surface area contributed by atoms with Crippen LogP contribution >= 0.6 is 0 Å². The van der Waals surface area contributed by atoms with E-state index in [1.807, 2.05) is 23.1 Å². The molecule has 0 spiro atoms. The molecule has 1 aliphatic heterocycles. The molecule has 0 saturated carbocycles. The van der Waals surface area contributed by atoms with Crippen molar-refractivity contribution in [3.05, 3.63) is 72.7 Å². The second-order valence-corrected chi connectivity index (χ2v) is 8.41. The summed E-state index contributed by atoms with van der Waals surface area (Å²) in [5, 5.41) is 3.05. The Morgan fingerprint density at radius 1 is 1.14 bits per heavy atom. The molecule has 2 aromatic carbocycles. The molecule has 1 aromatic heterocycles. The number of methoxy groups -OCH3 is 1. The van der Waals surface area contributed by atoms with Gasteiger partial charge in [0.25, 0.3) is 5.88 Å². The van der Waals surface area contributed by atoms with Gasteiger partial charge in [-0.25, -0.2) is 4.98 Å². The zero-order valence-electron chi connectivity index (χ0n) is 20.7. The van der Waals surface area contributed by atoms with Gasteiger partial charge >= 0.3 is 0 Å². The maximum absolute atomic E-state index is 14.5. The van der Waals surface area contributed by atoms with Gasteiger partial charge in [0, 0.05) is 56.8 Å². The van der Waals surface area contributed by atoms with Crippen LogP contribution in [0.3, 0.4) is 0 Å². The van der Waals surface area contributed by atoms with Crippen molar-refractivity contribution in [1.29, 1.82) is 0 Å². The van der Waals surface area contributed by atoms with Crippen LogP contribution in [0.25, 0.3) is 0 Å². The van der Waals surface area contributed by atoms with Crippen LogP contribution < -0.4 is 19.7 Å². The lowest BCUT2D eigenvalue weighted by Crippen LogP contribution is -2.48. The first-order valence-corrected chi connectivity index (χ1v) is 11.8. The van der Waals surface area contributed by atoms with E-state index in [1.54, 1.807) is 38.3 Å². The number of carbonyl (C=O) groups excluding carboxylic acids is 2. The molecule has 192 valence electrons. The van der Waals surface area contributed by atoms with Crippen LogP contribution in [0.5, 0.6) is 17.4 Å². The van der Waals surface area contributed by atoms with Gasteiger partial charge in [-0.05, 0) is 24.3 Å². The second kappa shape index (κ2) is 11.5. The van der Waals surface area contributed by atoms with Gasteiger partial charge in [0.2, 0.25) is 17.7 Å². The fourth-order valence-corrected chi connectivity index (χ4v) is 3.98. The molecule has 0 radical (unpaired) electrons. The first-order chi connectivity index (χ1) is 17.9. The lowest BCUT2D eigenvalue weighted by atomic mass is 10.1.